The number of thioether (sulfide) groups is 1. The van der Waals surface area contributed by atoms with Gasteiger partial charge in [0.05, 0.1) is 0 Å². The second kappa shape index (κ2) is 4.70. The zero-order valence-electron chi connectivity index (χ0n) is 7.97. The van der Waals surface area contributed by atoms with Crippen LogP contribution in [-0.2, 0) is 5.75 Å². The maximum absolute atomic E-state index is 11.9. The molecule has 0 bridgehead atoms. The molecule has 0 fully saturated rings. The number of halogens is 3. The molecule has 1 nitrogen and oxygen atoms in total. The molecule has 0 radical (unpaired) electrons. The van der Waals surface area contributed by atoms with E-state index in [1.807, 2.05) is 0 Å². The van der Waals surface area contributed by atoms with Crippen molar-refractivity contribution in [2.45, 2.75) is 18.2 Å². The Bertz CT molecular complexity index is 343. The molecule has 15 heavy (non-hydrogen) atoms. The molecule has 0 heterocycles. The molecule has 0 saturated heterocycles. The van der Waals surface area contributed by atoms with Crippen molar-refractivity contribution in [3.8, 4) is 0 Å². The summed E-state index contributed by atoms with van der Waals surface area (Å²) in [6.45, 7) is 1.42. The van der Waals surface area contributed by atoms with Crippen LogP contribution in [0, 0.1) is 0 Å². The Morgan fingerprint density at radius 1 is 1.27 bits per heavy atom. The van der Waals surface area contributed by atoms with E-state index in [0.717, 1.165) is 0 Å². The van der Waals surface area contributed by atoms with Crippen LogP contribution in [0.5, 0.6) is 0 Å². The van der Waals surface area contributed by atoms with E-state index in [1.54, 1.807) is 0 Å². The van der Waals surface area contributed by atoms with Gasteiger partial charge >= 0.3 is 5.51 Å². The summed E-state index contributed by atoms with van der Waals surface area (Å²) >= 11 is -0.0840. The summed E-state index contributed by atoms with van der Waals surface area (Å²) in [5.41, 5.74) is -3.14. The molecule has 82 valence electrons. The maximum Gasteiger partial charge on any atom is 0.442 e. The Balaban J connectivity index is 2.61. The first-order valence-electron chi connectivity index (χ1n) is 4.19. The first-order chi connectivity index (χ1) is 6.88. The van der Waals surface area contributed by atoms with E-state index in [9.17, 15) is 18.0 Å². The predicted octanol–water partition coefficient (Wildman–Crippen LogP) is 3.64. The third kappa shape index (κ3) is 4.38. The van der Waals surface area contributed by atoms with Gasteiger partial charge in [-0.05, 0) is 24.2 Å². The topological polar surface area (TPSA) is 17.1 Å². The first kappa shape index (κ1) is 12.1. The van der Waals surface area contributed by atoms with Gasteiger partial charge in [-0.3, -0.25) is 4.79 Å². The van der Waals surface area contributed by atoms with Crippen LogP contribution < -0.4 is 0 Å². The zero-order chi connectivity index (χ0) is 11.5. The van der Waals surface area contributed by atoms with Gasteiger partial charge in [0.15, 0.2) is 5.78 Å². The van der Waals surface area contributed by atoms with Gasteiger partial charge in [-0.1, -0.05) is 24.3 Å². The van der Waals surface area contributed by atoms with E-state index in [4.69, 9.17) is 0 Å². The number of alkyl halides is 3. The van der Waals surface area contributed by atoms with E-state index >= 15 is 0 Å². The van der Waals surface area contributed by atoms with Gasteiger partial charge in [0.1, 0.15) is 0 Å². The Morgan fingerprint density at radius 3 is 2.20 bits per heavy atom. The highest BCUT2D eigenvalue weighted by Crippen LogP contribution is 2.32. The van der Waals surface area contributed by atoms with Crippen LogP contribution in [0.4, 0.5) is 13.2 Å². The molecule has 0 unspecified atom stereocenters. The van der Waals surface area contributed by atoms with E-state index in [-0.39, 0.29) is 23.3 Å². The maximum atomic E-state index is 11.9. The number of hydrogen-bond donors (Lipinski definition) is 0. The molecular weight excluding hydrogens is 225 g/mol. The number of benzene rings is 1. The summed E-state index contributed by atoms with van der Waals surface area (Å²) in [4.78, 5) is 10.9. The molecule has 1 aromatic carbocycles. The minimum atomic E-state index is -4.21. The summed E-state index contributed by atoms with van der Waals surface area (Å²) in [7, 11) is 0. The molecule has 0 aliphatic rings. The normalized spacial score (nSPS) is 11.5. The second-order valence-electron chi connectivity index (χ2n) is 2.99. The number of rotatable bonds is 3. The first-order valence-corrected chi connectivity index (χ1v) is 5.17. The number of Topliss-reactive ketones (excluding diaryl/α,β-unsaturated/α-hetero) is 1. The van der Waals surface area contributed by atoms with Crippen molar-refractivity contribution < 1.29 is 18.0 Å². The summed E-state index contributed by atoms with van der Waals surface area (Å²) in [5.74, 6) is -0.216. The summed E-state index contributed by atoms with van der Waals surface area (Å²) in [6, 6.07) is 6.15. The fourth-order valence-electron chi connectivity index (χ4n) is 1.00. The summed E-state index contributed by atoms with van der Waals surface area (Å²) in [5, 5.41) is 0. The van der Waals surface area contributed by atoms with Gasteiger partial charge in [0.25, 0.3) is 0 Å². The molecular formula is C10H9F3OS. The molecule has 0 aliphatic heterocycles. The van der Waals surface area contributed by atoms with Gasteiger partial charge in [0.2, 0.25) is 0 Å². The molecule has 5 heteroatoms. The van der Waals surface area contributed by atoms with Crippen LogP contribution in [0.25, 0.3) is 0 Å². The molecule has 0 aliphatic carbocycles. The van der Waals surface area contributed by atoms with Crippen molar-refractivity contribution in [2.75, 3.05) is 0 Å². The van der Waals surface area contributed by atoms with Crippen LogP contribution in [0.15, 0.2) is 24.3 Å². The third-order valence-corrected chi connectivity index (χ3v) is 2.57. The quantitative estimate of drug-likeness (QED) is 0.743. The van der Waals surface area contributed by atoms with Crippen LogP contribution >= 0.6 is 11.8 Å². The SMILES string of the molecule is CC(=O)c1ccc(CSC(F)(F)F)cc1. The van der Waals surface area contributed by atoms with Crippen LogP contribution in [0.2, 0.25) is 0 Å². The molecule has 0 amide bonds. The monoisotopic (exact) mass is 234 g/mol. The Kier molecular flexibility index (Phi) is 3.79. The van der Waals surface area contributed by atoms with Gasteiger partial charge in [-0.25, -0.2) is 0 Å². The summed E-state index contributed by atoms with van der Waals surface area (Å²) in [6.07, 6.45) is 0. The highest BCUT2D eigenvalue weighted by molar-refractivity contribution is 7.99. The lowest BCUT2D eigenvalue weighted by Gasteiger charge is -2.05. The molecule has 0 N–H and O–H groups in total. The Labute approximate surface area is 89.7 Å². The van der Waals surface area contributed by atoms with Crippen molar-refractivity contribution in [3.05, 3.63) is 35.4 Å². The average Bonchev–Trinajstić information content (AvgIpc) is 2.14. The predicted molar refractivity (Wildman–Crippen MR) is 53.8 cm³/mol. The highest BCUT2D eigenvalue weighted by atomic mass is 32.2. The lowest BCUT2D eigenvalue weighted by molar-refractivity contribution is -0.0329. The minimum absolute atomic E-state index is 0.0840. The van der Waals surface area contributed by atoms with E-state index < -0.39 is 5.51 Å². The van der Waals surface area contributed by atoms with Crippen molar-refractivity contribution in [1.29, 1.82) is 0 Å². The van der Waals surface area contributed by atoms with Crippen molar-refractivity contribution >= 4 is 17.5 Å². The van der Waals surface area contributed by atoms with Gasteiger partial charge in [0, 0.05) is 11.3 Å². The summed E-state index contributed by atoms with van der Waals surface area (Å²) < 4.78 is 35.6. The molecule has 0 atom stereocenters. The van der Waals surface area contributed by atoms with E-state index in [2.05, 4.69) is 0 Å². The smallest absolute Gasteiger partial charge is 0.295 e. The van der Waals surface area contributed by atoms with Gasteiger partial charge in [-0.15, -0.1) is 0 Å². The lowest BCUT2D eigenvalue weighted by Crippen LogP contribution is -2.00. The van der Waals surface area contributed by atoms with Gasteiger partial charge in [-0.2, -0.15) is 13.2 Å². The van der Waals surface area contributed by atoms with Crippen LogP contribution in [0.1, 0.15) is 22.8 Å². The number of carbonyl (C=O) groups excluding carboxylic acids is 1. The molecule has 0 saturated carbocycles. The molecule has 0 spiro atoms. The van der Waals surface area contributed by atoms with Gasteiger partial charge < -0.3 is 0 Å². The fourth-order valence-corrected chi connectivity index (χ4v) is 1.52. The largest absolute Gasteiger partial charge is 0.442 e. The number of carbonyl (C=O) groups is 1. The highest BCUT2D eigenvalue weighted by Gasteiger charge is 2.27. The number of hydrogen-bond acceptors (Lipinski definition) is 2. The molecule has 0 aromatic heterocycles. The fraction of sp³-hybridized carbons (Fsp3) is 0.300. The van der Waals surface area contributed by atoms with Crippen LogP contribution in [0.3, 0.4) is 0 Å². The zero-order valence-corrected chi connectivity index (χ0v) is 8.78. The minimum Gasteiger partial charge on any atom is -0.295 e. The van der Waals surface area contributed by atoms with Crippen molar-refractivity contribution in [2.24, 2.45) is 0 Å². The van der Waals surface area contributed by atoms with E-state index in [1.165, 1.54) is 31.2 Å². The average molecular weight is 234 g/mol. The van der Waals surface area contributed by atoms with Crippen molar-refractivity contribution in [3.63, 3.8) is 0 Å². The third-order valence-electron chi connectivity index (χ3n) is 1.76. The van der Waals surface area contributed by atoms with Crippen LogP contribution in [-0.4, -0.2) is 11.3 Å². The van der Waals surface area contributed by atoms with E-state index in [0.29, 0.717) is 11.1 Å². The lowest BCUT2D eigenvalue weighted by atomic mass is 10.1. The molecule has 1 aromatic rings. The standard InChI is InChI=1S/C10H9F3OS/c1-7(14)9-4-2-8(3-5-9)6-15-10(11,12)13/h2-5H,6H2,1H3. The molecule has 1 rings (SSSR count). The number of ketones is 1. The van der Waals surface area contributed by atoms with Crippen molar-refractivity contribution in [1.82, 2.24) is 0 Å². The Hall–Kier alpha value is -0.970. The second-order valence-corrected chi connectivity index (χ2v) is 4.03. The Morgan fingerprint density at radius 2 is 1.80 bits per heavy atom.